The molecule has 0 fully saturated rings. The maximum atomic E-state index is 12.2. The number of aromatic nitrogens is 2. The van der Waals surface area contributed by atoms with Crippen molar-refractivity contribution >= 4 is 23.2 Å². The molecule has 0 spiro atoms. The van der Waals surface area contributed by atoms with Crippen molar-refractivity contribution < 1.29 is 9.47 Å². The zero-order valence-electron chi connectivity index (χ0n) is 12.6. The summed E-state index contributed by atoms with van der Waals surface area (Å²) in [6, 6.07) is 14.7. The maximum absolute atomic E-state index is 12.2. The molecule has 0 aliphatic rings. The van der Waals surface area contributed by atoms with E-state index in [4.69, 9.17) is 9.47 Å². The minimum absolute atomic E-state index is 0.189. The third-order valence-corrected chi connectivity index (χ3v) is 3.88. The summed E-state index contributed by atoms with van der Waals surface area (Å²) in [5.74, 6) is 1.80. The first kappa shape index (κ1) is 15.1. The molecule has 0 bridgehead atoms. The lowest BCUT2D eigenvalue weighted by atomic mass is 10.3. The van der Waals surface area contributed by atoms with Gasteiger partial charge < -0.3 is 14.8 Å². The van der Waals surface area contributed by atoms with Gasteiger partial charge in [-0.1, -0.05) is 12.1 Å². The molecule has 3 aromatic rings. The molecule has 2 aromatic carbocycles. The zero-order chi connectivity index (χ0) is 16.2. The van der Waals surface area contributed by atoms with E-state index >= 15 is 0 Å². The molecule has 7 heteroatoms. The molecule has 0 radical (unpaired) electrons. The first-order valence-electron chi connectivity index (χ1n) is 6.86. The third kappa shape index (κ3) is 3.04. The lowest BCUT2D eigenvalue weighted by molar-refractivity contribution is 0.413. The fourth-order valence-corrected chi connectivity index (χ4v) is 2.72. The number of nitrogens with one attached hydrogen (secondary N) is 1. The monoisotopic (exact) mass is 329 g/mol. The first-order chi connectivity index (χ1) is 11.2. The maximum Gasteiger partial charge on any atom is 0.332 e. The number of nitrogens with zero attached hydrogens (tertiary/aromatic N) is 2. The number of para-hydroxylation sites is 2. The Morgan fingerprint density at radius 3 is 2.48 bits per heavy atom. The van der Waals surface area contributed by atoms with Crippen molar-refractivity contribution in [2.24, 2.45) is 0 Å². The van der Waals surface area contributed by atoms with E-state index in [1.54, 1.807) is 20.3 Å². The summed E-state index contributed by atoms with van der Waals surface area (Å²) >= 11 is 0.887. The van der Waals surface area contributed by atoms with Gasteiger partial charge >= 0.3 is 4.87 Å². The lowest BCUT2D eigenvalue weighted by Gasteiger charge is -2.11. The molecule has 0 aliphatic heterocycles. The highest BCUT2D eigenvalue weighted by atomic mass is 32.1. The van der Waals surface area contributed by atoms with Gasteiger partial charge in [0, 0.05) is 17.2 Å². The largest absolute Gasteiger partial charge is 0.497 e. The summed E-state index contributed by atoms with van der Waals surface area (Å²) < 4.78 is 16.2. The number of hydrogen-bond donors (Lipinski definition) is 1. The zero-order valence-corrected chi connectivity index (χ0v) is 13.5. The van der Waals surface area contributed by atoms with E-state index in [1.807, 2.05) is 42.5 Å². The molecule has 1 aromatic heterocycles. The Morgan fingerprint density at radius 1 is 1.04 bits per heavy atom. The van der Waals surface area contributed by atoms with Crippen LogP contribution in [0.4, 0.5) is 11.6 Å². The van der Waals surface area contributed by atoms with Crippen molar-refractivity contribution in [1.29, 1.82) is 0 Å². The molecule has 0 atom stereocenters. The highest BCUT2D eigenvalue weighted by Gasteiger charge is 2.14. The molecule has 0 amide bonds. The molecule has 0 unspecified atom stereocenters. The summed E-state index contributed by atoms with van der Waals surface area (Å²) in [5.41, 5.74) is 1.45. The average Bonchev–Trinajstić information content (AvgIpc) is 2.95. The molecule has 1 heterocycles. The molecular formula is C16H15N3O3S. The molecule has 1 N–H and O–H groups in total. The Morgan fingerprint density at radius 2 is 1.78 bits per heavy atom. The molecule has 0 aliphatic carbocycles. The molecular weight excluding hydrogens is 314 g/mol. The van der Waals surface area contributed by atoms with Gasteiger partial charge in [0.05, 0.1) is 19.9 Å². The van der Waals surface area contributed by atoms with Gasteiger partial charge in [-0.2, -0.15) is 4.37 Å². The highest BCUT2D eigenvalue weighted by Crippen LogP contribution is 2.26. The van der Waals surface area contributed by atoms with Crippen LogP contribution in [0.3, 0.4) is 0 Å². The summed E-state index contributed by atoms with van der Waals surface area (Å²) in [4.78, 5) is 12.0. The number of rotatable bonds is 5. The Bertz CT molecular complexity index is 856. The molecule has 23 heavy (non-hydrogen) atoms. The van der Waals surface area contributed by atoms with Gasteiger partial charge in [-0.15, -0.1) is 0 Å². The molecule has 0 saturated heterocycles. The minimum Gasteiger partial charge on any atom is -0.497 e. The minimum atomic E-state index is -0.189. The van der Waals surface area contributed by atoms with Crippen LogP contribution >= 0.6 is 11.5 Å². The Kier molecular flexibility index (Phi) is 4.29. The summed E-state index contributed by atoms with van der Waals surface area (Å²) in [7, 11) is 3.18. The summed E-state index contributed by atoms with van der Waals surface area (Å²) in [6.07, 6.45) is 0. The van der Waals surface area contributed by atoms with E-state index in [0.717, 1.165) is 23.0 Å². The number of methoxy groups -OCH3 is 2. The van der Waals surface area contributed by atoms with Gasteiger partial charge in [0.1, 0.15) is 11.5 Å². The van der Waals surface area contributed by atoms with E-state index in [2.05, 4.69) is 9.69 Å². The number of hydrogen-bond acceptors (Lipinski definition) is 6. The van der Waals surface area contributed by atoms with Crippen LogP contribution in [-0.4, -0.2) is 23.2 Å². The normalized spacial score (nSPS) is 10.3. The number of benzene rings is 2. The van der Waals surface area contributed by atoms with Crippen LogP contribution in [0.25, 0.3) is 5.69 Å². The van der Waals surface area contributed by atoms with Crippen molar-refractivity contribution in [3.63, 3.8) is 0 Å². The standard InChI is InChI=1S/C16H15N3O3S/c1-21-12-9-7-11(8-10-12)17-15-18-23-16(20)19(15)13-5-3-4-6-14(13)22-2/h3-10H,1-2H3,(H,17,18). The quantitative estimate of drug-likeness (QED) is 0.779. The van der Waals surface area contributed by atoms with Gasteiger partial charge in [-0.25, -0.2) is 4.57 Å². The molecule has 118 valence electrons. The second-order valence-electron chi connectivity index (χ2n) is 4.63. The van der Waals surface area contributed by atoms with Gasteiger partial charge in [0.25, 0.3) is 0 Å². The number of anilines is 2. The predicted octanol–water partition coefficient (Wildman–Crippen LogP) is 3.05. The molecule has 6 nitrogen and oxygen atoms in total. The van der Waals surface area contributed by atoms with Crippen molar-refractivity contribution in [2.45, 2.75) is 0 Å². The topological polar surface area (TPSA) is 65.4 Å². The molecule has 0 saturated carbocycles. The van der Waals surface area contributed by atoms with Gasteiger partial charge in [0.2, 0.25) is 5.95 Å². The smallest absolute Gasteiger partial charge is 0.332 e. The summed E-state index contributed by atoms with van der Waals surface area (Å²) in [6.45, 7) is 0. The lowest BCUT2D eigenvalue weighted by Crippen LogP contribution is -2.14. The van der Waals surface area contributed by atoms with Crippen LogP contribution < -0.4 is 19.7 Å². The second-order valence-corrected chi connectivity index (χ2v) is 5.35. The van der Waals surface area contributed by atoms with Crippen molar-refractivity contribution in [3.8, 4) is 17.2 Å². The third-order valence-electron chi connectivity index (χ3n) is 3.28. The Balaban J connectivity index is 2.00. The van der Waals surface area contributed by atoms with E-state index in [-0.39, 0.29) is 4.87 Å². The van der Waals surface area contributed by atoms with Crippen LogP contribution in [0.2, 0.25) is 0 Å². The van der Waals surface area contributed by atoms with E-state index in [0.29, 0.717) is 17.4 Å². The Hall–Kier alpha value is -2.80. The fraction of sp³-hybridized carbons (Fsp3) is 0.125. The fourth-order valence-electron chi connectivity index (χ4n) is 2.16. The van der Waals surface area contributed by atoms with Crippen LogP contribution in [0.15, 0.2) is 53.3 Å². The van der Waals surface area contributed by atoms with Crippen molar-refractivity contribution in [1.82, 2.24) is 8.94 Å². The SMILES string of the molecule is COc1ccc(Nc2nsc(=O)n2-c2ccccc2OC)cc1. The van der Waals surface area contributed by atoms with Gasteiger partial charge in [0.15, 0.2) is 0 Å². The van der Waals surface area contributed by atoms with Crippen molar-refractivity contribution in [2.75, 3.05) is 19.5 Å². The van der Waals surface area contributed by atoms with Gasteiger partial charge in [-0.3, -0.25) is 4.79 Å². The van der Waals surface area contributed by atoms with E-state index in [1.165, 1.54) is 4.57 Å². The average molecular weight is 329 g/mol. The van der Waals surface area contributed by atoms with Crippen LogP contribution in [0.5, 0.6) is 11.5 Å². The van der Waals surface area contributed by atoms with E-state index in [9.17, 15) is 4.79 Å². The molecule has 3 rings (SSSR count). The van der Waals surface area contributed by atoms with E-state index < -0.39 is 0 Å². The first-order valence-corrected chi connectivity index (χ1v) is 7.63. The summed E-state index contributed by atoms with van der Waals surface area (Å²) in [5, 5.41) is 3.15. The second kappa shape index (κ2) is 6.53. The predicted molar refractivity (Wildman–Crippen MR) is 90.5 cm³/mol. The Labute approximate surface area is 137 Å². The van der Waals surface area contributed by atoms with Gasteiger partial charge in [-0.05, 0) is 36.4 Å². The number of ether oxygens (including phenoxy) is 2. The van der Waals surface area contributed by atoms with Crippen LogP contribution in [0, 0.1) is 0 Å². The van der Waals surface area contributed by atoms with Crippen LogP contribution in [0.1, 0.15) is 0 Å². The van der Waals surface area contributed by atoms with Crippen LogP contribution in [-0.2, 0) is 0 Å². The van der Waals surface area contributed by atoms with Crippen molar-refractivity contribution in [3.05, 3.63) is 58.2 Å². The highest BCUT2D eigenvalue weighted by molar-refractivity contribution is 7.03.